The molecule has 0 aliphatic heterocycles. The molecule has 0 aromatic rings. The van der Waals surface area contributed by atoms with Gasteiger partial charge in [0.15, 0.2) is 5.78 Å². The average molecular weight is 416 g/mol. The van der Waals surface area contributed by atoms with Gasteiger partial charge in [-0.3, -0.25) is 4.79 Å². The van der Waals surface area contributed by atoms with Crippen LogP contribution in [-0.4, -0.2) is 24.5 Å². The number of ether oxygens (including phenoxy) is 1. The molecule has 1 N–H and O–H groups in total. The SMILES string of the molecule is CCCCCNC(=O)O[C@H]1CCC2C3C(C4CCC(=O)C=C4C[C@H]3C)[C@@H](C)C[C@@]21C. The number of hydrogen-bond acceptors (Lipinski definition) is 3. The highest BCUT2D eigenvalue weighted by Gasteiger charge is 2.61. The zero-order valence-corrected chi connectivity index (χ0v) is 19.4. The standard InChI is InChI=1S/C26H41NO3/c1-5-6-7-12-27-25(29)30-22-11-10-21-24-16(2)13-18-14-19(28)8-9-20(18)23(24)17(3)15-26(21,22)4/h14,16-17,20-24H,5-13,15H2,1-4H3,(H,27,29)/t16-,17+,20?,21?,22+,23?,24?,26+/m1/s1. The van der Waals surface area contributed by atoms with Crippen LogP contribution in [0.1, 0.15) is 85.5 Å². The molecule has 0 saturated heterocycles. The van der Waals surface area contributed by atoms with E-state index in [-0.39, 0.29) is 17.6 Å². The lowest BCUT2D eigenvalue weighted by molar-refractivity contribution is -0.118. The van der Waals surface area contributed by atoms with E-state index in [4.69, 9.17) is 4.74 Å². The van der Waals surface area contributed by atoms with Gasteiger partial charge in [-0.2, -0.15) is 0 Å². The molecule has 30 heavy (non-hydrogen) atoms. The van der Waals surface area contributed by atoms with Gasteiger partial charge in [-0.15, -0.1) is 0 Å². The van der Waals surface area contributed by atoms with Crippen molar-refractivity contribution < 1.29 is 14.3 Å². The predicted octanol–water partition coefficient (Wildman–Crippen LogP) is 5.91. The average Bonchev–Trinajstić information content (AvgIpc) is 3.00. The number of ketones is 1. The zero-order valence-electron chi connectivity index (χ0n) is 19.4. The molecule has 4 heteroatoms. The van der Waals surface area contributed by atoms with Crippen LogP contribution in [0.5, 0.6) is 0 Å². The minimum atomic E-state index is -0.222. The highest BCUT2D eigenvalue weighted by atomic mass is 16.6. The third-order valence-corrected chi connectivity index (χ3v) is 9.15. The smallest absolute Gasteiger partial charge is 0.407 e. The highest BCUT2D eigenvalue weighted by Crippen LogP contribution is 2.65. The number of hydrogen-bond donors (Lipinski definition) is 1. The molecule has 0 aromatic heterocycles. The van der Waals surface area contributed by atoms with E-state index in [2.05, 4.69) is 33.0 Å². The molecule has 4 unspecified atom stereocenters. The van der Waals surface area contributed by atoms with Gasteiger partial charge in [0.2, 0.25) is 0 Å². The molecule has 8 atom stereocenters. The van der Waals surface area contributed by atoms with Crippen molar-refractivity contribution in [1.82, 2.24) is 5.32 Å². The summed E-state index contributed by atoms with van der Waals surface area (Å²) in [6.45, 7) is 10.1. The van der Waals surface area contributed by atoms with Crippen LogP contribution in [0.3, 0.4) is 0 Å². The first-order valence-corrected chi connectivity index (χ1v) is 12.5. The predicted molar refractivity (Wildman–Crippen MR) is 119 cm³/mol. The number of amides is 1. The molecule has 0 bridgehead atoms. The number of unbranched alkanes of at least 4 members (excludes halogenated alkanes) is 2. The minimum absolute atomic E-state index is 0.0362. The third kappa shape index (κ3) is 3.84. The first-order chi connectivity index (χ1) is 14.3. The van der Waals surface area contributed by atoms with Crippen molar-refractivity contribution in [1.29, 1.82) is 0 Å². The first kappa shape index (κ1) is 21.9. The summed E-state index contributed by atoms with van der Waals surface area (Å²) >= 11 is 0. The van der Waals surface area contributed by atoms with E-state index in [1.807, 2.05) is 6.08 Å². The monoisotopic (exact) mass is 415 g/mol. The number of rotatable bonds is 5. The van der Waals surface area contributed by atoms with Crippen molar-refractivity contribution in [3.63, 3.8) is 0 Å². The summed E-state index contributed by atoms with van der Waals surface area (Å²) < 4.78 is 6.04. The Hall–Kier alpha value is -1.32. The molecule has 4 aliphatic rings. The Kier molecular flexibility index (Phi) is 6.33. The Morgan fingerprint density at radius 3 is 2.73 bits per heavy atom. The Bertz CT molecular complexity index is 700. The summed E-state index contributed by atoms with van der Waals surface area (Å²) in [5.41, 5.74) is 1.52. The lowest BCUT2D eigenvalue weighted by Gasteiger charge is -2.58. The largest absolute Gasteiger partial charge is 0.446 e. The molecule has 0 radical (unpaired) electrons. The molecule has 168 valence electrons. The maximum Gasteiger partial charge on any atom is 0.407 e. The second-order valence-electron chi connectivity index (χ2n) is 11.1. The maximum absolute atomic E-state index is 12.5. The summed E-state index contributed by atoms with van der Waals surface area (Å²) in [4.78, 5) is 24.5. The quantitative estimate of drug-likeness (QED) is 0.568. The second-order valence-corrected chi connectivity index (χ2v) is 11.1. The van der Waals surface area contributed by atoms with Gasteiger partial charge < -0.3 is 10.1 Å². The Morgan fingerprint density at radius 1 is 1.17 bits per heavy atom. The number of nitrogens with one attached hydrogen (secondary N) is 1. The van der Waals surface area contributed by atoms with Crippen molar-refractivity contribution in [3.8, 4) is 0 Å². The first-order valence-electron chi connectivity index (χ1n) is 12.5. The number of alkyl carbamates (subject to hydrolysis) is 1. The van der Waals surface area contributed by atoms with Crippen molar-refractivity contribution in [2.24, 2.45) is 40.9 Å². The number of fused-ring (bicyclic) bond motifs is 5. The van der Waals surface area contributed by atoms with E-state index in [1.54, 1.807) is 0 Å². The van der Waals surface area contributed by atoms with Gasteiger partial charge in [-0.05, 0) is 80.1 Å². The summed E-state index contributed by atoms with van der Waals surface area (Å²) in [7, 11) is 0. The fourth-order valence-corrected chi connectivity index (χ4v) is 8.02. The van der Waals surface area contributed by atoms with Gasteiger partial charge >= 0.3 is 6.09 Å². The molecule has 0 aromatic carbocycles. The van der Waals surface area contributed by atoms with E-state index in [9.17, 15) is 9.59 Å². The molecule has 1 amide bonds. The van der Waals surface area contributed by atoms with Crippen LogP contribution >= 0.6 is 0 Å². The lowest BCUT2D eigenvalue weighted by Crippen LogP contribution is -2.54. The van der Waals surface area contributed by atoms with Crippen LogP contribution in [0, 0.1) is 40.9 Å². The van der Waals surface area contributed by atoms with Crippen LogP contribution < -0.4 is 5.32 Å². The van der Waals surface area contributed by atoms with Crippen LogP contribution in [0.25, 0.3) is 0 Å². The molecule has 0 spiro atoms. The third-order valence-electron chi connectivity index (χ3n) is 9.15. The summed E-state index contributed by atoms with van der Waals surface area (Å²) in [6.07, 6.45) is 11.3. The van der Waals surface area contributed by atoms with Gasteiger partial charge in [0, 0.05) is 18.4 Å². The molecular formula is C26H41NO3. The molecule has 3 fully saturated rings. The van der Waals surface area contributed by atoms with Gasteiger partial charge in [-0.25, -0.2) is 4.79 Å². The van der Waals surface area contributed by atoms with E-state index in [0.717, 1.165) is 51.4 Å². The number of carbonyl (C=O) groups is 2. The van der Waals surface area contributed by atoms with Gasteiger partial charge in [0.05, 0.1) is 0 Å². The molecule has 3 saturated carbocycles. The van der Waals surface area contributed by atoms with Crippen LogP contribution in [-0.2, 0) is 9.53 Å². The second kappa shape index (κ2) is 8.67. The fourth-order valence-electron chi connectivity index (χ4n) is 8.02. The number of allylic oxidation sites excluding steroid dienone is 1. The van der Waals surface area contributed by atoms with Crippen LogP contribution in [0.4, 0.5) is 4.79 Å². The van der Waals surface area contributed by atoms with Crippen molar-refractivity contribution in [2.45, 2.75) is 91.6 Å². The van der Waals surface area contributed by atoms with Crippen molar-refractivity contribution in [2.75, 3.05) is 6.54 Å². The Labute approximate surface area is 182 Å². The highest BCUT2D eigenvalue weighted by molar-refractivity contribution is 5.91. The maximum atomic E-state index is 12.5. The van der Waals surface area contributed by atoms with Crippen molar-refractivity contribution in [3.05, 3.63) is 11.6 Å². The Morgan fingerprint density at radius 2 is 1.97 bits per heavy atom. The fraction of sp³-hybridized carbons (Fsp3) is 0.846. The van der Waals surface area contributed by atoms with E-state index in [0.29, 0.717) is 47.8 Å². The minimum Gasteiger partial charge on any atom is -0.446 e. The summed E-state index contributed by atoms with van der Waals surface area (Å²) in [5.74, 6) is 4.16. The molecular weight excluding hydrogens is 374 g/mol. The zero-order chi connectivity index (χ0) is 21.5. The Balaban J connectivity index is 1.48. The molecule has 4 nitrogen and oxygen atoms in total. The summed E-state index contributed by atoms with van der Waals surface area (Å²) in [5, 5.41) is 2.97. The topological polar surface area (TPSA) is 55.4 Å². The van der Waals surface area contributed by atoms with Gasteiger partial charge in [0.1, 0.15) is 6.10 Å². The van der Waals surface area contributed by atoms with Crippen LogP contribution in [0.2, 0.25) is 0 Å². The number of carbonyl (C=O) groups excluding carboxylic acids is 2. The van der Waals surface area contributed by atoms with E-state index in [1.165, 1.54) is 12.0 Å². The van der Waals surface area contributed by atoms with E-state index >= 15 is 0 Å². The molecule has 4 rings (SSSR count). The molecule has 0 heterocycles. The molecule has 4 aliphatic carbocycles. The van der Waals surface area contributed by atoms with Gasteiger partial charge in [-0.1, -0.05) is 46.1 Å². The van der Waals surface area contributed by atoms with Gasteiger partial charge in [0.25, 0.3) is 0 Å². The normalized spacial score (nSPS) is 42.6. The van der Waals surface area contributed by atoms with E-state index < -0.39 is 0 Å². The van der Waals surface area contributed by atoms with Crippen molar-refractivity contribution >= 4 is 11.9 Å². The lowest BCUT2D eigenvalue weighted by atomic mass is 9.47. The van der Waals surface area contributed by atoms with Crippen LogP contribution in [0.15, 0.2) is 11.6 Å². The summed E-state index contributed by atoms with van der Waals surface area (Å²) in [6, 6.07) is 0.